The quantitative estimate of drug-likeness (QED) is 0.109. The number of aryl methyl sites for hydroxylation is 2. The van der Waals surface area contributed by atoms with Gasteiger partial charge >= 0.3 is 12.3 Å². The van der Waals surface area contributed by atoms with Crippen LogP contribution in [0.5, 0.6) is 0 Å². The SMILES string of the molecule is CC1=C(OC(=O)OCCCc2cccnc2)C(c2ccc(C(=O)NCc3ccco3)cc2)C(OC(=O)OCCCc2cccnc2)=C(C)N1. The number of allylic oxidation sites excluding steroid dienone is 2. The van der Waals surface area contributed by atoms with Crippen molar-refractivity contribution in [1.82, 2.24) is 20.6 Å². The number of dihydropyridines is 1. The van der Waals surface area contributed by atoms with Crippen molar-refractivity contribution in [2.75, 3.05) is 13.2 Å². The summed E-state index contributed by atoms with van der Waals surface area (Å²) in [6, 6.07) is 17.8. The molecule has 0 aliphatic carbocycles. The molecule has 4 heterocycles. The molecule has 0 unspecified atom stereocenters. The number of carbonyl (C=O) groups is 3. The number of nitrogens with zero attached hydrogens (tertiary/aromatic N) is 2. The Morgan fingerprint density at radius 2 is 1.35 bits per heavy atom. The van der Waals surface area contributed by atoms with E-state index in [4.69, 9.17) is 23.4 Å². The van der Waals surface area contributed by atoms with Crippen LogP contribution in [0.15, 0.2) is 119 Å². The molecule has 0 bridgehead atoms. The number of furan rings is 1. The fourth-order valence-corrected chi connectivity index (χ4v) is 5.23. The molecule has 12 heteroatoms. The first-order chi connectivity index (χ1) is 23.9. The normalized spacial score (nSPS) is 13.0. The zero-order valence-corrected chi connectivity index (χ0v) is 27.3. The molecule has 254 valence electrons. The summed E-state index contributed by atoms with van der Waals surface area (Å²) in [4.78, 5) is 46.9. The maximum atomic E-state index is 12.9. The molecule has 2 N–H and O–H groups in total. The summed E-state index contributed by atoms with van der Waals surface area (Å²) >= 11 is 0. The van der Waals surface area contributed by atoms with E-state index in [-0.39, 0.29) is 37.2 Å². The highest BCUT2D eigenvalue weighted by Crippen LogP contribution is 2.39. The van der Waals surface area contributed by atoms with Gasteiger partial charge in [-0.05, 0) is 92.6 Å². The smallest absolute Gasteiger partial charge is 0.467 e. The van der Waals surface area contributed by atoms with Crippen molar-refractivity contribution in [2.24, 2.45) is 0 Å². The van der Waals surface area contributed by atoms with Gasteiger partial charge in [-0.3, -0.25) is 14.8 Å². The van der Waals surface area contributed by atoms with Gasteiger partial charge in [0.2, 0.25) is 0 Å². The summed E-state index contributed by atoms with van der Waals surface area (Å²) in [7, 11) is 0. The Balaban J connectivity index is 1.27. The summed E-state index contributed by atoms with van der Waals surface area (Å²) in [5, 5.41) is 5.95. The van der Waals surface area contributed by atoms with Crippen molar-refractivity contribution >= 4 is 18.2 Å². The van der Waals surface area contributed by atoms with Gasteiger partial charge in [0.25, 0.3) is 5.91 Å². The molecule has 0 saturated carbocycles. The lowest BCUT2D eigenvalue weighted by molar-refractivity contribution is 0.0601. The average molecular weight is 667 g/mol. The Morgan fingerprint density at radius 3 is 1.84 bits per heavy atom. The van der Waals surface area contributed by atoms with Crippen LogP contribution >= 0.6 is 0 Å². The number of aromatic nitrogens is 2. The van der Waals surface area contributed by atoms with Crippen LogP contribution in [0.25, 0.3) is 0 Å². The van der Waals surface area contributed by atoms with Crippen LogP contribution in [0, 0.1) is 0 Å². The Hall–Kier alpha value is -5.91. The lowest BCUT2D eigenvalue weighted by Gasteiger charge is -2.30. The predicted octanol–water partition coefficient (Wildman–Crippen LogP) is 6.72. The van der Waals surface area contributed by atoms with E-state index in [9.17, 15) is 14.4 Å². The largest absolute Gasteiger partial charge is 0.513 e. The van der Waals surface area contributed by atoms with Crippen LogP contribution in [0.4, 0.5) is 9.59 Å². The van der Waals surface area contributed by atoms with Crippen molar-refractivity contribution in [3.63, 3.8) is 0 Å². The Morgan fingerprint density at radius 1 is 0.776 bits per heavy atom. The first-order valence-corrected chi connectivity index (χ1v) is 15.9. The van der Waals surface area contributed by atoms with Crippen molar-refractivity contribution in [3.8, 4) is 0 Å². The van der Waals surface area contributed by atoms with E-state index in [2.05, 4.69) is 20.6 Å². The van der Waals surface area contributed by atoms with E-state index in [1.165, 1.54) is 6.26 Å². The van der Waals surface area contributed by atoms with Crippen LogP contribution < -0.4 is 10.6 Å². The highest BCUT2D eigenvalue weighted by Gasteiger charge is 2.35. The molecule has 0 spiro atoms. The number of pyridine rings is 2. The third kappa shape index (κ3) is 10.0. The van der Waals surface area contributed by atoms with Gasteiger partial charge in [0.15, 0.2) is 0 Å². The molecule has 4 aromatic rings. The fourth-order valence-electron chi connectivity index (χ4n) is 5.23. The molecule has 1 aliphatic rings. The van der Waals surface area contributed by atoms with E-state index in [0.717, 1.165) is 11.1 Å². The second-order valence-corrected chi connectivity index (χ2v) is 11.3. The monoisotopic (exact) mass is 666 g/mol. The Labute approximate surface area is 284 Å². The molecular weight excluding hydrogens is 628 g/mol. The van der Waals surface area contributed by atoms with Crippen LogP contribution in [0.3, 0.4) is 0 Å². The van der Waals surface area contributed by atoms with Crippen molar-refractivity contribution in [3.05, 3.63) is 143 Å². The van der Waals surface area contributed by atoms with Gasteiger partial charge < -0.3 is 34.0 Å². The molecule has 5 rings (SSSR count). The van der Waals surface area contributed by atoms with E-state index in [1.54, 1.807) is 75.0 Å². The number of nitrogens with one attached hydrogen (secondary N) is 2. The van der Waals surface area contributed by atoms with Crippen molar-refractivity contribution in [2.45, 2.75) is 52.0 Å². The molecule has 0 atom stereocenters. The summed E-state index contributed by atoms with van der Waals surface area (Å²) in [5.74, 6) is -0.163. The van der Waals surface area contributed by atoms with Crippen LogP contribution in [-0.2, 0) is 38.3 Å². The average Bonchev–Trinajstić information content (AvgIpc) is 3.65. The van der Waals surface area contributed by atoms with Gasteiger partial charge in [-0.15, -0.1) is 0 Å². The fraction of sp³-hybridized carbons (Fsp3) is 0.270. The van der Waals surface area contributed by atoms with E-state index in [1.807, 2.05) is 24.3 Å². The molecule has 49 heavy (non-hydrogen) atoms. The van der Waals surface area contributed by atoms with Gasteiger partial charge in [0, 0.05) is 30.4 Å². The van der Waals surface area contributed by atoms with Crippen LogP contribution in [0.1, 0.15) is 65.4 Å². The number of rotatable bonds is 14. The van der Waals surface area contributed by atoms with Gasteiger partial charge in [0.05, 0.1) is 37.4 Å². The summed E-state index contributed by atoms with van der Waals surface area (Å²) in [6.45, 7) is 3.97. The zero-order chi connectivity index (χ0) is 34.4. The molecule has 0 fully saturated rings. The van der Waals surface area contributed by atoms with Crippen LogP contribution in [-0.4, -0.2) is 41.4 Å². The molecular formula is C37H38N4O8. The third-order valence-corrected chi connectivity index (χ3v) is 7.64. The van der Waals surface area contributed by atoms with Gasteiger partial charge in [0.1, 0.15) is 23.2 Å². The zero-order valence-electron chi connectivity index (χ0n) is 27.3. The molecule has 3 aromatic heterocycles. The van der Waals surface area contributed by atoms with Crippen LogP contribution in [0.2, 0.25) is 0 Å². The molecule has 0 saturated heterocycles. The Bertz CT molecular complexity index is 1670. The number of hydrogen-bond acceptors (Lipinski definition) is 11. The second-order valence-electron chi connectivity index (χ2n) is 11.3. The van der Waals surface area contributed by atoms with Gasteiger partial charge in [-0.2, -0.15) is 0 Å². The maximum Gasteiger partial charge on any atom is 0.513 e. The molecule has 0 radical (unpaired) electrons. The number of hydrogen-bond donors (Lipinski definition) is 2. The highest BCUT2D eigenvalue weighted by atomic mass is 16.7. The molecule has 1 amide bonds. The topological polar surface area (TPSA) is 151 Å². The minimum Gasteiger partial charge on any atom is -0.467 e. The van der Waals surface area contributed by atoms with Crippen molar-refractivity contribution < 1.29 is 37.7 Å². The second kappa shape index (κ2) is 17.3. The maximum absolute atomic E-state index is 12.9. The molecule has 1 aliphatic heterocycles. The predicted molar refractivity (Wildman–Crippen MR) is 178 cm³/mol. The Kier molecular flexibility index (Phi) is 12.2. The third-order valence-electron chi connectivity index (χ3n) is 7.64. The lowest BCUT2D eigenvalue weighted by atomic mass is 9.90. The number of carbonyl (C=O) groups excluding carboxylic acids is 3. The van der Waals surface area contributed by atoms with Crippen molar-refractivity contribution in [1.29, 1.82) is 0 Å². The number of ether oxygens (including phenoxy) is 4. The number of benzene rings is 1. The molecule has 1 aromatic carbocycles. The van der Waals surface area contributed by atoms with Gasteiger partial charge in [-0.25, -0.2) is 9.59 Å². The summed E-state index contributed by atoms with van der Waals surface area (Å²) in [5.41, 5.74) is 4.09. The first kappa shape index (κ1) is 34.4. The van der Waals surface area contributed by atoms with E-state index in [0.29, 0.717) is 54.0 Å². The summed E-state index contributed by atoms with van der Waals surface area (Å²) in [6.07, 6.45) is 9.16. The first-order valence-electron chi connectivity index (χ1n) is 15.9. The minimum atomic E-state index is -0.904. The summed E-state index contributed by atoms with van der Waals surface area (Å²) < 4.78 is 27.6. The van der Waals surface area contributed by atoms with Gasteiger partial charge in [-0.1, -0.05) is 24.3 Å². The standard InChI is InChI=1S/C37H38N4O8/c1-25-33(48-36(43)46-20-5-10-27-8-3-17-38-22-27)32(29-13-15-30(16-14-29)35(42)40-24-31-12-7-19-45-31)34(26(2)41-25)49-37(44)47-21-6-11-28-9-4-18-39-23-28/h3-4,7-9,12-19,22-23,32,41H,5-6,10-11,20-21,24H2,1-2H3,(H,40,42). The minimum absolute atomic E-state index is 0.129. The van der Waals surface area contributed by atoms with E-state index >= 15 is 0 Å². The highest BCUT2D eigenvalue weighted by molar-refractivity contribution is 5.94. The van der Waals surface area contributed by atoms with E-state index < -0.39 is 18.2 Å². The lowest BCUT2D eigenvalue weighted by Crippen LogP contribution is -2.29. The number of amides is 1. The molecule has 12 nitrogen and oxygen atoms in total.